The van der Waals surface area contributed by atoms with E-state index in [0.717, 1.165) is 11.3 Å². The lowest BCUT2D eigenvalue weighted by Gasteiger charge is -2.12. The van der Waals surface area contributed by atoms with Gasteiger partial charge in [-0.2, -0.15) is 0 Å². The number of benzene rings is 1. The van der Waals surface area contributed by atoms with Crippen molar-refractivity contribution in [3.05, 3.63) is 45.5 Å². The fourth-order valence-corrected chi connectivity index (χ4v) is 2.13. The third-order valence-electron chi connectivity index (χ3n) is 2.74. The van der Waals surface area contributed by atoms with E-state index in [4.69, 9.17) is 22.1 Å². The topological polar surface area (TPSA) is 67.2 Å². The third kappa shape index (κ3) is 2.91. The average molecular weight is 278 g/mol. The van der Waals surface area contributed by atoms with Crippen molar-refractivity contribution in [1.82, 2.24) is 9.55 Å². The van der Waals surface area contributed by atoms with Gasteiger partial charge in [-0.1, -0.05) is 0 Å². The Morgan fingerprint density at radius 3 is 2.63 bits per heavy atom. The maximum absolute atomic E-state index is 11.5. The molecule has 0 saturated heterocycles. The van der Waals surface area contributed by atoms with Gasteiger partial charge in [0.15, 0.2) is 4.77 Å². The molecule has 1 heterocycles. The van der Waals surface area contributed by atoms with Gasteiger partial charge in [-0.3, -0.25) is 9.78 Å². The van der Waals surface area contributed by atoms with Crippen molar-refractivity contribution in [1.29, 1.82) is 0 Å². The molecule has 0 aliphatic carbocycles. The summed E-state index contributed by atoms with van der Waals surface area (Å²) >= 11 is 5.11. The van der Waals surface area contributed by atoms with Crippen LogP contribution in [-0.4, -0.2) is 28.4 Å². The van der Waals surface area contributed by atoms with Gasteiger partial charge in [-0.05, 0) is 42.0 Å². The Kier molecular flexibility index (Phi) is 4.13. The zero-order chi connectivity index (χ0) is 13.8. The molecule has 0 atom stereocenters. The number of methoxy groups -OCH3 is 1. The molecule has 19 heavy (non-hydrogen) atoms. The maximum atomic E-state index is 11.5. The molecule has 2 aromatic rings. The van der Waals surface area contributed by atoms with Crippen LogP contribution in [0.1, 0.15) is 0 Å². The summed E-state index contributed by atoms with van der Waals surface area (Å²) in [5.74, 6) is 0.737. The fourth-order valence-electron chi connectivity index (χ4n) is 1.84. The van der Waals surface area contributed by atoms with Crippen molar-refractivity contribution in [2.75, 3.05) is 13.7 Å². The zero-order valence-corrected chi connectivity index (χ0v) is 11.2. The Labute approximate surface area is 115 Å². The summed E-state index contributed by atoms with van der Waals surface area (Å²) in [6, 6.07) is 8.77. The number of H-pyrrole nitrogens is 1. The van der Waals surface area contributed by atoms with Crippen molar-refractivity contribution in [2.24, 2.45) is 0 Å². The van der Waals surface area contributed by atoms with Crippen molar-refractivity contribution in [2.45, 2.75) is 6.54 Å². The summed E-state index contributed by atoms with van der Waals surface area (Å²) in [6.07, 6.45) is 0. The number of aromatic amines is 1. The highest BCUT2D eigenvalue weighted by Gasteiger charge is 2.06. The molecular formula is C13H14N2O3S. The van der Waals surface area contributed by atoms with Crippen LogP contribution in [0.15, 0.2) is 35.1 Å². The van der Waals surface area contributed by atoms with E-state index in [1.807, 2.05) is 24.3 Å². The Morgan fingerprint density at radius 2 is 2.05 bits per heavy atom. The monoisotopic (exact) mass is 278 g/mol. The van der Waals surface area contributed by atoms with E-state index in [2.05, 4.69) is 4.98 Å². The average Bonchev–Trinajstić information content (AvgIpc) is 2.42. The highest BCUT2D eigenvalue weighted by molar-refractivity contribution is 7.71. The standard InChI is InChI=1S/C13H14N2O3S/c1-18-10-4-2-9(3-5-10)11-8-12(17)14-13(19)15(11)6-7-16/h2-5,8,16H,6-7H2,1H3,(H,14,17,19). The van der Waals surface area contributed by atoms with E-state index in [0.29, 0.717) is 17.0 Å². The fraction of sp³-hybridized carbons (Fsp3) is 0.231. The summed E-state index contributed by atoms with van der Waals surface area (Å²) in [5, 5.41) is 9.09. The lowest BCUT2D eigenvalue weighted by Crippen LogP contribution is -2.16. The molecule has 1 aromatic heterocycles. The number of aliphatic hydroxyl groups is 1. The molecule has 2 N–H and O–H groups in total. The van der Waals surface area contributed by atoms with Crippen LogP contribution in [0.2, 0.25) is 0 Å². The summed E-state index contributed by atoms with van der Waals surface area (Å²) in [7, 11) is 1.59. The first kappa shape index (κ1) is 13.5. The number of ether oxygens (including phenoxy) is 1. The first-order chi connectivity index (χ1) is 9.15. The second-order valence-corrected chi connectivity index (χ2v) is 4.31. The first-order valence-corrected chi connectivity index (χ1v) is 6.16. The van der Waals surface area contributed by atoms with Crippen LogP contribution >= 0.6 is 12.2 Å². The molecule has 0 fully saturated rings. The maximum Gasteiger partial charge on any atom is 0.252 e. The van der Waals surface area contributed by atoms with Gasteiger partial charge in [0.1, 0.15) is 5.75 Å². The van der Waals surface area contributed by atoms with Crippen molar-refractivity contribution < 1.29 is 9.84 Å². The minimum Gasteiger partial charge on any atom is -0.497 e. The number of rotatable bonds is 4. The van der Waals surface area contributed by atoms with Gasteiger partial charge in [0.05, 0.1) is 19.4 Å². The second kappa shape index (κ2) is 5.81. The lowest BCUT2D eigenvalue weighted by molar-refractivity contribution is 0.275. The molecule has 0 saturated carbocycles. The second-order valence-electron chi connectivity index (χ2n) is 3.93. The van der Waals surface area contributed by atoms with E-state index < -0.39 is 0 Å². The van der Waals surface area contributed by atoms with E-state index >= 15 is 0 Å². The molecule has 0 aliphatic heterocycles. The number of nitrogens with zero attached hydrogens (tertiary/aromatic N) is 1. The molecule has 0 aliphatic rings. The highest BCUT2D eigenvalue weighted by Crippen LogP contribution is 2.21. The van der Waals surface area contributed by atoms with Crippen LogP contribution < -0.4 is 10.3 Å². The molecular weight excluding hydrogens is 264 g/mol. The minimum absolute atomic E-state index is 0.0521. The summed E-state index contributed by atoms with van der Waals surface area (Å²) in [5.41, 5.74) is 1.25. The van der Waals surface area contributed by atoms with Gasteiger partial charge in [0.2, 0.25) is 0 Å². The van der Waals surface area contributed by atoms with E-state index in [1.54, 1.807) is 11.7 Å². The predicted molar refractivity (Wildman–Crippen MR) is 75.0 cm³/mol. The van der Waals surface area contributed by atoms with Gasteiger partial charge in [0.25, 0.3) is 5.56 Å². The van der Waals surface area contributed by atoms with E-state index in [-0.39, 0.29) is 12.2 Å². The van der Waals surface area contributed by atoms with Crippen LogP contribution in [0.5, 0.6) is 5.75 Å². The molecule has 1 aromatic carbocycles. The van der Waals surface area contributed by atoms with Crippen LogP contribution in [0, 0.1) is 4.77 Å². The predicted octanol–water partition coefficient (Wildman–Crippen LogP) is 1.57. The molecule has 0 amide bonds. The summed E-state index contributed by atoms with van der Waals surface area (Å²) < 4.78 is 7.09. The quantitative estimate of drug-likeness (QED) is 0.833. The molecule has 0 unspecified atom stereocenters. The highest BCUT2D eigenvalue weighted by atomic mass is 32.1. The van der Waals surface area contributed by atoms with Crippen molar-refractivity contribution >= 4 is 12.2 Å². The number of aliphatic hydroxyl groups excluding tert-OH is 1. The van der Waals surface area contributed by atoms with Gasteiger partial charge in [-0.15, -0.1) is 0 Å². The Bertz CT molecular complexity index is 674. The molecule has 5 nitrogen and oxygen atoms in total. The Balaban J connectivity index is 2.59. The van der Waals surface area contributed by atoms with E-state index in [1.165, 1.54) is 6.07 Å². The third-order valence-corrected chi connectivity index (χ3v) is 3.07. The summed E-state index contributed by atoms with van der Waals surface area (Å²) in [6.45, 7) is 0.278. The number of hydrogen-bond donors (Lipinski definition) is 2. The zero-order valence-electron chi connectivity index (χ0n) is 10.4. The molecule has 100 valence electrons. The molecule has 0 bridgehead atoms. The first-order valence-electron chi connectivity index (χ1n) is 5.75. The van der Waals surface area contributed by atoms with E-state index in [9.17, 15) is 4.79 Å². The smallest absolute Gasteiger partial charge is 0.252 e. The molecule has 0 radical (unpaired) electrons. The molecule has 2 rings (SSSR count). The lowest BCUT2D eigenvalue weighted by atomic mass is 10.1. The van der Waals surface area contributed by atoms with Crippen LogP contribution in [0.3, 0.4) is 0 Å². The number of hydrogen-bond acceptors (Lipinski definition) is 4. The Hall–Kier alpha value is -1.92. The van der Waals surface area contributed by atoms with Gasteiger partial charge < -0.3 is 14.4 Å². The molecule has 6 heteroatoms. The van der Waals surface area contributed by atoms with Gasteiger partial charge >= 0.3 is 0 Å². The SMILES string of the molecule is COc1ccc(-c2cc(=O)[nH]c(=S)n2CCO)cc1. The normalized spacial score (nSPS) is 10.4. The van der Waals surface area contributed by atoms with Crippen LogP contribution in [0.4, 0.5) is 0 Å². The van der Waals surface area contributed by atoms with Crippen LogP contribution in [0.25, 0.3) is 11.3 Å². The van der Waals surface area contributed by atoms with Crippen molar-refractivity contribution in [3.63, 3.8) is 0 Å². The molecule has 0 spiro atoms. The summed E-state index contributed by atoms with van der Waals surface area (Å²) in [4.78, 5) is 14.1. The number of aromatic nitrogens is 2. The minimum atomic E-state index is -0.259. The van der Waals surface area contributed by atoms with Gasteiger partial charge in [-0.25, -0.2) is 0 Å². The Morgan fingerprint density at radius 1 is 1.37 bits per heavy atom. The van der Waals surface area contributed by atoms with Gasteiger partial charge in [0, 0.05) is 12.6 Å². The largest absolute Gasteiger partial charge is 0.497 e. The number of nitrogens with one attached hydrogen (secondary N) is 1. The van der Waals surface area contributed by atoms with Crippen LogP contribution in [-0.2, 0) is 6.54 Å². The van der Waals surface area contributed by atoms with Crippen molar-refractivity contribution in [3.8, 4) is 17.0 Å².